The maximum Gasteiger partial charge on any atom is 0.259 e. The van der Waals surface area contributed by atoms with Crippen LogP contribution in [0.4, 0.5) is 0 Å². The zero-order valence-corrected chi connectivity index (χ0v) is 15.4. The van der Waals surface area contributed by atoms with Crippen molar-refractivity contribution in [3.8, 4) is 5.75 Å². The highest BCUT2D eigenvalue weighted by Gasteiger charge is 2.16. The third-order valence-corrected chi connectivity index (χ3v) is 4.20. The summed E-state index contributed by atoms with van der Waals surface area (Å²) in [5.74, 6) is -0.119. The summed E-state index contributed by atoms with van der Waals surface area (Å²) in [7, 11) is 3.29. The SMILES string of the molecule is CN(C)C(=O)COc1cc(Cl)ccc1C(=O)NCCN1CCNCC1. The Labute approximate surface area is 153 Å². The van der Waals surface area contributed by atoms with E-state index in [9.17, 15) is 9.59 Å². The molecule has 0 aromatic heterocycles. The highest BCUT2D eigenvalue weighted by atomic mass is 35.5. The monoisotopic (exact) mass is 368 g/mol. The summed E-state index contributed by atoms with van der Waals surface area (Å²) in [6, 6.07) is 4.79. The van der Waals surface area contributed by atoms with Gasteiger partial charge in [-0.1, -0.05) is 11.6 Å². The molecule has 0 atom stereocenters. The molecule has 8 heteroatoms. The predicted molar refractivity (Wildman–Crippen MR) is 97.3 cm³/mol. The number of nitrogens with one attached hydrogen (secondary N) is 2. The lowest BCUT2D eigenvalue weighted by Gasteiger charge is -2.27. The molecule has 1 aliphatic heterocycles. The van der Waals surface area contributed by atoms with Crippen molar-refractivity contribution in [2.75, 3.05) is 60.0 Å². The van der Waals surface area contributed by atoms with Crippen molar-refractivity contribution in [3.05, 3.63) is 28.8 Å². The fraction of sp³-hybridized carbons (Fsp3) is 0.529. The van der Waals surface area contributed by atoms with Gasteiger partial charge in [-0.05, 0) is 18.2 Å². The summed E-state index contributed by atoms with van der Waals surface area (Å²) in [6.45, 7) is 5.13. The molecule has 1 heterocycles. The Morgan fingerprint density at radius 1 is 1.32 bits per heavy atom. The van der Waals surface area contributed by atoms with Gasteiger partial charge in [0.15, 0.2) is 6.61 Å². The van der Waals surface area contributed by atoms with Crippen molar-refractivity contribution >= 4 is 23.4 Å². The van der Waals surface area contributed by atoms with E-state index in [1.54, 1.807) is 32.3 Å². The molecule has 25 heavy (non-hydrogen) atoms. The minimum Gasteiger partial charge on any atom is -0.483 e. The molecule has 0 radical (unpaired) electrons. The minimum absolute atomic E-state index is 0.144. The molecule has 2 amide bonds. The van der Waals surface area contributed by atoms with E-state index in [0.717, 1.165) is 32.7 Å². The maximum atomic E-state index is 12.4. The van der Waals surface area contributed by atoms with Gasteiger partial charge in [-0.3, -0.25) is 14.5 Å². The van der Waals surface area contributed by atoms with Crippen molar-refractivity contribution in [1.29, 1.82) is 0 Å². The molecule has 1 aromatic carbocycles. The molecule has 1 aromatic rings. The van der Waals surface area contributed by atoms with E-state index in [2.05, 4.69) is 15.5 Å². The standard InChI is InChI=1S/C17H25ClN4O3/c1-21(2)16(23)12-25-15-11-13(18)3-4-14(15)17(24)20-7-10-22-8-5-19-6-9-22/h3-4,11,19H,5-10,12H2,1-2H3,(H,20,24). The number of carbonyl (C=O) groups excluding carboxylic acids is 2. The quantitative estimate of drug-likeness (QED) is 0.730. The number of halogens is 1. The Hall–Kier alpha value is -1.83. The van der Waals surface area contributed by atoms with Gasteiger partial charge in [0, 0.05) is 58.4 Å². The summed E-state index contributed by atoms with van der Waals surface area (Å²) < 4.78 is 5.50. The van der Waals surface area contributed by atoms with Gasteiger partial charge in [0.05, 0.1) is 5.56 Å². The number of nitrogens with zero attached hydrogens (tertiary/aromatic N) is 2. The number of likely N-dealkylation sites (N-methyl/N-ethyl adjacent to an activating group) is 1. The van der Waals surface area contributed by atoms with Gasteiger partial charge in [-0.15, -0.1) is 0 Å². The Morgan fingerprint density at radius 3 is 2.72 bits per heavy atom. The summed E-state index contributed by atoms with van der Waals surface area (Å²) >= 11 is 5.99. The molecular weight excluding hydrogens is 344 g/mol. The predicted octanol–water partition coefficient (Wildman–Crippen LogP) is 0.442. The number of amides is 2. The molecule has 2 N–H and O–H groups in total. The average Bonchev–Trinajstić information content (AvgIpc) is 2.60. The summed E-state index contributed by atoms with van der Waals surface area (Å²) in [4.78, 5) is 27.8. The lowest BCUT2D eigenvalue weighted by molar-refractivity contribution is -0.130. The van der Waals surface area contributed by atoms with E-state index < -0.39 is 0 Å². The van der Waals surface area contributed by atoms with Gasteiger partial charge in [0.25, 0.3) is 11.8 Å². The van der Waals surface area contributed by atoms with E-state index in [1.807, 2.05) is 0 Å². The zero-order valence-electron chi connectivity index (χ0n) is 14.7. The average molecular weight is 369 g/mol. The topological polar surface area (TPSA) is 73.9 Å². The highest BCUT2D eigenvalue weighted by molar-refractivity contribution is 6.30. The molecule has 0 spiro atoms. The molecule has 1 saturated heterocycles. The maximum absolute atomic E-state index is 12.4. The van der Waals surface area contributed by atoms with Gasteiger partial charge in [-0.25, -0.2) is 0 Å². The molecule has 7 nitrogen and oxygen atoms in total. The summed E-state index contributed by atoms with van der Waals surface area (Å²) in [6.07, 6.45) is 0. The van der Waals surface area contributed by atoms with E-state index in [4.69, 9.17) is 16.3 Å². The van der Waals surface area contributed by atoms with Crippen LogP contribution >= 0.6 is 11.6 Å². The van der Waals surface area contributed by atoms with Crippen LogP contribution in [0.2, 0.25) is 5.02 Å². The van der Waals surface area contributed by atoms with E-state index in [0.29, 0.717) is 22.9 Å². The fourth-order valence-corrected chi connectivity index (χ4v) is 2.59. The highest BCUT2D eigenvalue weighted by Crippen LogP contribution is 2.23. The first-order valence-corrected chi connectivity index (χ1v) is 8.69. The van der Waals surface area contributed by atoms with Crippen LogP contribution in [0.25, 0.3) is 0 Å². The minimum atomic E-state index is -0.237. The van der Waals surface area contributed by atoms with Gasteiger partial charge in [0.1, 0.15) is 5.75 Å². The van der Waals surface area contributed by atoms with E-state index in [-0.39, 0.29) is 18.4 Å². The molecule has 0 unspecified atom stereocenters. The van der Waals surface area contributed by atoms with Gasteiger partial charge >= 0.3 is 0 Å². The van der Waals surface area contributed by atoms with Crippen molar-refractivity contribution in [1.82, 2.24) is 20.4 Å². The van der Waals surface area contributed by atoms with Gasteiger partial charge in [0.2, 0.25) is 0 Å². The summed E-state index contributed by atoms with van der Waals surface area (Å²) in [5, 5.41) is 6.64. The number of ether oxygens (including phenoxy) is 1. The second-order valence-corrected chi connectivity index (χ2v) is 6.50. The zero-order chi connectivity index (χ0) is 18.2. The number of carbonyl (C=O) groups is 2. The van der Waals surface area contributed by atoms with Crippen LogP contribution in [0.5, 0.6) is 5.75 Å². The second kappa shape index (κ2) is 9.60. The second-order valence-electron chi connectivity index (χ2n) is 6.06. The number of benzene rings is 1. The molecular formula is C17H25ClN4O3. The smallest absolute Gasteiger partial charge is 0.259 e. The van der Waals surface area contributed by atoms with Gasteiger partial charge in [-0.2, -0.15) is 0 Å². The van der Waals surface area contributed by atoms with Crippen LogP contribution in [-0.4, -0.2) is 81.6 Å². The molecule has 0 aliphatic carbocycles. The van der Waals surface area contributed by atoms with Crippen LogP contribution in [0.3, 0.4) is 0 Å². The molecule has 2 rings (SSSR count). The Morgan fingerprint density at radius 2 is 2.04 bits per heavy atom. The number of hydrogen-bond donors (Lipinski definition) is 2. The Balaban J connectivity index is 1.92. The summed E-state index contributed by atoms with van der Waals surface area (Å²) in [5.41, 5.74) is 0.372. The Bertz CT molecular complexity index is 604. The van der Waals surface area contributed by atoms with Crippen LogP contribution in [0.1, 0.15) is 10.4 Å². The van der Waals surface area contributed by atoms with Gasteiger partial charge < -0.3 is 20.3 Å². The van der Waals surface area contributed by atoms with Crippen molar-refractivity contribution in [2.45, 2.75) is 0 Å². The van der Waals surface area contributed by atoms with Crippen LogP contribution in [-0.2, 0) is 4.79 Å². The van der Waals surface area contributed by atoms with Crippen LogP contribution in [0.15, 0.2) is 18.2 Å². The van der Waals surface area contributed by atoms with E-state index in [1.165, 1.54) is 4.90 Å². The molecule has 1 aliphatic rings. The lowest BCUT2D eigenvalue weighted by atomic mass is 10.2. The van der Waals surface area contributed by atoms with E-state index >= 15 is 0 Å². The number of piperazine rings is 1. The first-order chi connectivity index (χ1) is 12.0. The Kier molecular flexibility index (Phi) is 7.49. The van der Waals surface area contributed by atoms with Crippen molar-refractivity contribution < 1.29 is 14.3 Å². The fourth-order valence-electron chi connectivity index (χ4n) is 2.43. The first kappa shape index (κ1) is 19.5. The molecule has 0 saturated carbocycles. The molecule has 0 bridgehead atoms. The van der Waals surface area contributed by atoms with Crippen molar-refractivity contribution in [3.63, 3.8) is 0 Å². The van der Waals surface area contributed by atoms with Crippen molar-refractivity contribution in [2.24, 2.45) is 0 Å². The normalized spacial score (nSPS) is 14.8. The lowest BCUT2D eigenvalue weighted by Crippen LogP contribution is -2.46. The number of hydrogen-bond acceptors (Lipinski definition) is 5. The third kappa shape index (κ3) is 6.19. The van der Waals surface area contributed by atoms with Crippen LogP contribution in [0, 0.1) is 0 Å². The molecule has 138 valence electrons. The third-order valence-electron chi connectivity index (χ3n) is 3.96. The van der Waals surface area contributed by atoms with Crippen LogP contribution < -0.4 is 15.4 Å². The largest absolute Gasteiger partial charge is 0.483 e. The molecule has 1 fully saturated rings. The first-order valence-electron chi connectivity index (χ1n) is 8.31. The number of rotatable bonds is 7.